The number of para-hydroxylation sites is 1. The lowest BCUT2D eigenvalue weighted by Crippen LogP contribution is -2.31. The summed E-state index contributed by atoms with van der Waals surface area (Å²) in [5, 5.41) is 16.4. The van der Waals surface area contributed by atoms with Crippen LogP contribution in [0.25, 0.3) is 16.9 Å². The number of rotatable bonds is 8. The zero-order chi connectivity index (χ0) is 21.7. The van der Waals surface area contributed by atoms with E-state index in [0.717, 1.165) is 5.69 Å². The van der Waals surface area contributed by atoms with Crippen molar-refractivity contribution in [3.63, 3.8) is 0 Å². The second-order valence-corrected chi connectivity index (χ2v) is 6.69. The van der Waals surface area contributed by atoms with Gasteiger partial charge < -0.3 is 19.9 Å². The molecule has 1 amide bonds. The lowest BCUT2D eigenvalue weighted by Gasteiger charge is -2.11. The maximum Gasteiger partial charge on any atom is 0.308 e. The topological polar surface area (TPSA) is 103 Å². The number of carbonyl (C=O) groups is 2. The predicted octanol–water partition coefficient (Wildman–Crippen LogP) is 3.01. The van der Waals surface area contributed by atoms with Crippen LogP contribution < -0.4 is 14.8 Å². The summed E-state index contributed by atoms with van der Waals surface area (Å²) in [7, 11) is 3.09. The number of hydrogen-bond acceptors (Lipinski definition) is 5. The van der Waals surface area contributed by atoms with Gasteiger partial charge in [0.25, 0.3) is 5.91 Å². The SMILES string of the molecule is COc1ccc(OC)c(-c2nn(-c3ccccc3)cc2C(=O)NC[C@H](C)C(=O)O)c1. The Kier molecular flexibility index (Phi) is 6.36. The van der Waals surface area contributed by atoms with E-state index >= 15 is 0 Å². The zero-order valence-corrected chi connectivity index (χ0v) is 17.0. The van der Waals surface area contributed by atoms with E-state index in [1.807, 2.05) is 30.3 Å². The zero-order valence-electron chi connectivity index (χ0n) is 17.0. The van der Waals surface area contributed by atoms with Crippen LogP contribution in [0.1, 0.15) is 17.3 Å². The van der Waals surface area contributed by atoms with Gasteiger partial charge in [-0.25, -0.2) is 4.68 Å². The Morgan fingerprint density at radius 2 is 1.87 bits per heavy atom. The fourth-order valence-electron chi connectivity index (χ4n) is 2.88. The molecule has 0 bridgehead atoms. The number of benzene rings is 2. The van der Waals surface area contributed by atoms with Crippen LogP contribution in [0.3, 0.4) is 0 Å². The van der Waals surface area contributed by atoms with Gasteiger partial charge in [-0.05, 0) is 30.3 Å². The molecule has 2 N–H and O–H groups in total. The van der Waals surface area contributed by atoms with Crippen molar-refractivity contribution in [2.75, 3.05) is 20.8 Å². The Balaban J connectivity index is 2.08. The maximum atomic E-state index is 12.9. The van der Waals surface area contributed by atoms with Crippen LogP contribution >= 0.6 is 0 Å². The Morgan fingerprint density at radius 1 is 1.13 bits per heavy atom. The van der Waals surface area contributed by atoms with Crippen LogP contribution in [-0.2, 0) is 4.79 Å². The lowest BCUT2D eigenvalue weighted by molar-refractivity contribution is -0.140. The van der Waals surface area contributed by atoms with E-state index in [-0.39, 0.29) is 6.54 Å². The van der Waals surface area contributed by atoms with E-state index in [4.69, 9.17) is 14.6 Å². The largest absolute Gasteiger partial charge is 0.497 e. The molecule has 0 spiro atoms. The van der Waals surface area contributed by atoms with E-state index in [1.165, 1.54) is 14.0 Å². The average molecular weight is 409 g/mol. The fraction of sp³-hybridized carbons (Fsp3) is 0.227. The van der Waals surface area contributed by atoms with Crippen molar-refractivity contribution in [2.45, 2.75) is 6.92 Å². The first-order valence-electron chi connectivity index (χ1n) is 9.33. The van der Waals surface area contributed by atoms with E-state index in [1.54, 1.807) is 36.2 Å². The molecule has 0 aliphatic rings. The Bertz CT molecular complexity index is 1050. The first-order valence-corrected chi connectivity index (χ1v) is 9.33. The Hall–Kier alpha value is -3.81. The van der Waals surface area contributed by atoms with Crippen molar-refractivity contribution in [2.24, 2.45) is 5.92 Å². The first-order chi connectivity index (χ1) is 14.4. The molecule has 0 fully saturated rings. The second kappa shape index (κ2) is 9.13. The van der Waals surface area contributed by atoms with E-state index < -0.39 is 17.8 Å². The molecule has 8 heteroatoms. The van der Waals surface area contributed by atoms with Gasteiger partial charge in [-0.2, -0.15) is 5.10 Å². The van der Waals surface area contributed by atoms with Crippen LogP contribution in [0.5, 0.6) is 11.5 Å². The highest BCUT2D eigenvalue weighted by Gasteiger charge is 2.23. The van der Waals surface area contributed by atoms with Crippen LogP contribution in [0, 0.1) is 5.92 Å². The summed E-state index contributed by atoms with van der Waals surface area (Å²) >= 11 is 0. The van der Waals surface area contributed by atoms with Gasteiger partial charge in [-0.1, -0.05) is 25.1 Å². The van der Waals surface area contributed by atoms with E-state index in [2.05, 4.69) is 10.4 Å². The number of carboxylic acids is 1. The van der Waals surface area contributed by atoms with Crippen molar-refractivity contribution in [1.82, 2.24) is 15.1 Å². The molecule has 0 saturated heterocycles. The number of ether oxygens (including phenoxy) is 2. The van der Waals surface area contributed by atoms with Gasteiger partial charge in [-0.3, -0.25) is 9.59 Å². The van der Waals surface area contributed by atoms with Gasteiger partial charge in [0.1, 0.15) is 17.2 Å². The predicted molar refractivity (Wildman–Crippen MR) is 111 cm³/mol. The number of amides is 1. The molecule has 0 unspecified atom stereocenters. The standard InChI is InChI=1S/C22H23N3O5/c1-14(22(27)28)12-23-21(26)18-13-25(15-7-5-4-6-8-15)24-20(18)17-11-16(29-2)9-10-19(17)30-3/h4-11,13-14H,12H2,1-3H3,(H,23,26)(H,27,28)/t14-/m0/s1. The van der Waals surface area contributed by atoms with Gasteiger partial charge in [0.2, 0.25) is 0 Å². The third-order valence-corrected chi connectivity index (χ3v) is 4.63. The van der Waals surface area contributed by atoms with Crippen LogP contribution in [0.2, 0.25) is 0 Å². The molecular formula is C22H23N3O5. The molecule has 1 aromatic heterocycles. The summed E-state index contributed by atoms with van der Waals surface area (Å²) in [6, 6.07) is 14.6. The molecule has 1 heterocycles. The molecule has 8 nitrogen and oxygen atoms in total. The normalized spacial score (nSPS) is 11.6. The minimum Gasteiger partial charge on any atom is -0.497 e. The number of hydrogen-bond donors (Lipinski definition) is 2. The Labute approximate surface area is 174 Å². The maximum absolute atomic E-state index is 12.9. The van der Waals surface area contributed by atoms with Gasteiger partial charge >= 0.3 is 5.97 Å². The van der Waals surface area contributed by atoms with Gasteiger partial charge in [-0.15, -0.1) is 0 Å². The summed E-state index contributed by atoms with van der Waals surface area (Å²) in [5.74, 6) is -1.00. The molecule has 0 aliphatic heterocycles. The number of aliphatic carboxylic acids is 1. The molecule has 30 heavy (non-hydrogen) atoms. The van der Waals surface area contributed by atoms with Crippen LogP contribution in [0.4, 0.5) is 0 Å². The lowest BCUT2D eigenvalue weighted by atomic mass is 10.1. The average Bonchev–Trinajstić information content (AvgIpc) is 3.22. The summed E-state index contributed by atoms with van der Waals surface area (Å²) < 4.78 is 12.4. The molecule has 156 valence electrons. The van der Waals surface area contributed by atoms with Gasteiger partial charge in [0, 0.05) is 18.3 Å². The molecule has 2 aromatic carbocycles. The molecule has 3 rings (SSSR count). The van der Waals surface area contributed by atoms with Gasteiger partial charge in [0.15, 0.2) is 0 Å². The summed E-state index contributed by atoms with van der Waals surface area (Å²) in [4.78, 5) is 24.0. The smallest absolute Gasteiger partial charge is 0.308 e. The monoisotopic (exact) mass is 409 g/mol. The molecule has 0 radical (unpaired) electrons. The van der Waals surface area contributed by atoms with Crippen molar-refractivity contribution >= 4 is 11.9 Å². The number of aromatic nitrogens is 2. The number of carboxylic acid groups (broad SMARTS) is 1. The molecule has 1 atom stereocenters. The first kappa shape index (κ1) is 20.9. The molecule has 0 aliphatic carbocycles. The highest BCUT2D eigenvalue weighted by atomic mass is 16.5. The van der Waals surface area contributed by atoms with Crippen LogP contribution in [-0.4, -0.2) is 47.5 Å². The molecular weight excluding hydrogens is 386 g/mol. The van der Waals surface area contributed by atoms with Crippen molar-refractivity contribution in [1.29, 1.82) is 0 Å². The minimum atomic E-state index is -0.982. The van der Waals surface area contributed by atoms with Crippen molar-refractivity contribution in [3.05, 3.63) is 60.3 Å². The minimum absolute atomic E-state index is 0.000626. The Morgan fingerprint density at radius 3 is 2.50 bits per heavy atom. The second-order valence-electron chi connectivity index (χ2n) is 6.69. The van der Waals surface area contributed by atoms with Crippen molar-refractivity contribution in [3.8, 4) is 28.4 Å². The highest BCUT2D eigenvalue weighted by molar-refractivity contribution is 6.00. The number of nitrogens with zero attached hydrogens (tertiary/aromatic N) is 2. The highest BCUT2D eigenvalue weighted by Crippen LogP contribution is 2.35. The molecule has 3 aromatic rings. The van der Waals surface area contributed by atoms with E-state index in [9.17, 15) is 9.59 Å². The van der Waals surface area contributed by atoms with Crippen molar-refractivity contribution < 1.29 is 24.2 Å². The van der Waals surface area contributed by atoms with E-state index in [0.29, 0.717) is 28.3 Å². The molecule has 0 saturated carbocycles. The van der Waals surface area contributed by atoms with Crippen LogP contribution in [0.15, 0.2) is 54.7 Å². The third kappa shape index (κ3) is 4.43. The quantitative estimate of drug-likeness (QED) is 0.593. The fourth-order valence-corrected chi connectivity index (χ4v) is 2.88. The number of carbonyl (C=O) groups excluding carboxylic acids is 1. The number of nitrogens with one attached hydrogen (secondary N) is 1. The number of methoxy groups -OCH3 is 2. The summed E-state index contributed by atoms with van der Waals surface area (Å²) in [5.41, 5.74) is 2.06. The summed E-state index contributed by atoms with van der Waals surface area (Å²) in [6.45, 7) is 1.53. The third-order valence-electron chi connectivity index (χ3n) is 4.63. The summed E-state index contributed by atoms with van der Waals surface area (Å²) in [6.07, 6.45) is 1.62. The van der Waals surface area contributed by atoms with Gasteiger partial charge in [0.05, 0.1) is 31.4 Å².